The van der Waals surface area contributed by atoms with E-state index in [0.29, 0.717) is 0 Å². The lowest BCUT2D eigenvalue weighted by Crippen LogP contribution is -2.09. The summed E-state index contributed by atoms with van der Waals surface area (Å²) in [6.45, 7) is 6.05. The highest BCUT2D eigenvalue weighted by atomic mass is 32.2. The standard InChI is InChI=1S/C14H20N2O2S/c1-12(2)6-4-7-13(3)8-11-19(17,18)14-15-9-5-10-16-14/h5-6,8-10H,4,7,11H2,1-3H3/b13-8+. The Morgan fingerprint density at radius 3 is 2.37 bits per heavy atom. The molecule has 0 aromatic carbocycles. The van der Waals surface area contributed by atoms with Gasteiger partial charge in [-0.25, -0.2) is 18.4 Å². The molecule has 19 heavy (non-hydrogen) atoms. The molecule has 4 nitrogen and oxygen atoms in total. The largest absolute Gasteiger partial charge is 0.247 e. The third-order valence-electron chi connectivity index (χ3n) is 2.56. The summed E-state index contributed by atoms with van der Waals surface area (Å²) in [6, 6.07) is 1.60. The Morgan fingerprint density at radius 1 is 1.16 bits per heavy atom. The SMILES string of the molecule is CC(C)=CCC/C(C)=C/CS(=O)(=O)c1ncccn1. The van der Waals surface area contributed by atoms with E-state index in [2.05, 4.69) is 29.9 Å². The van der Waals surface area contributed by atoms with Crippen LogP contribution in [0.3, 0.4) is 0 Å². The van der Waals surface area contributed by atoms with E-state index in [0.717, 1.165) is 18.4 Å². The first kappa shape index (κ1) is 15.6. The molecule has 0 aliphatic carbocycles. The molecule has 0 spiro atoms. The van der Waals surface area contributed by atoms with Gasteiger partial charge in [0, 0.05) is 12.4 Å². The molecule has 0 unspecified atom stereocenters. The number of hydrogen-bond acceptors (Lipinski definition) is 4. The van der Waals surface area contributed by atoms with Gasteiger partial charge in [0.15, 0.2) is 0 Å². The molecule has 0 aliphatic heterocycles. The van der Waals surface area contributed by atoms with Crippen molar-refractivity contribution in [3.63, 3.8) is 0 Å². The molecule has 0 radical (unpaired) electrons. The molecule has 1 rings (SSSR count). The number of aromatic nitrogens is 2. The Kier molecular flexibility index (Phi) is 5.89. The molecule has 0 fully saturated rings. The first-order chi connectivity index (χ1) is 8.92. The van der Waals surface area contributed by atoms with Gasteiger partial charge in [-0.2, -0.15) is 0 Å². The van der Waals surface area contributed by atoms with Crippen LogP contribution in [-0.2, 0) is 9.84 Å². The van der Waals surface area contributed by atoms with Crippen molar-refractivity contribution in [2.75, 3.05) is 5.75 Å². The van der Waals surface area contributed by atoms with Crippen molar-refractivity contribution < 1.29 is 8.42 Å². The summed E-state index contributed by atoms with van der Waals surface area (Å²) in [5, 5.41) is -0.108. The number of hydrogen-bond donors (Lipinski definition) is 0. The maximum absolute atomic E-state index is 11.9. The molecule has 1 aromatic rings. The van der Waals surface area contributed by atoms with Crippen LogP contribution in [0.25, 0.3) is 0 Å². The second-order valence-electron chi connectivity index (χ2n) is 4.68. The average molecular weight is 280 g/mol. The van der Waals surface area contributed by atoms with Crippen molar-refractivity contribution in [2.45, 2.75) is 38.8 Å². The van der Waals surface area contributed by atoms with Gasteiger partial charge in [0.05, 0.1) is 5.75 Å². The quantitative estimate of drug-likeness (QED) is 0.594. The Bertz CT molecular complexity index is 556. The monoisotopic (exact) mass is 280 g/mol. The Balaban J connectivity index is 2.62. The molecule has 0 saturated heterocycles. The zero-order chi connectivity index (χ0) is 14.3. The third kappa shape index (κ3) is 5.79. The van der Waals surface area contributed by atoms with Crippen molar-refractivity contribution in [1.29, 1.82) is 0 Å². The van der Waals surface area contributed by atoms with Crippen LogP contribution in [0.15, 0.2) is 46.9 Å². The van der Waals surface area contributed by atoms with Gasteiger partial charge < -0.3 is 0 Å². The lowest BCUT2D eigenvalue weighted by atomic mass is 10.1. The highest BCUT2D eigenvalue weighted by Crippen LogP contribution is 2.09. The predicted molar refractivity (Wildman–Crippen MR) is 76.5 cm³/mol. The summed E-state index contributed by atoms with van der Waals surface area (Å²) in [6.07, 6.45) is 8.57. The Labute approximate surface area is 115 Å². The average Bonchev–Trinajstić information content (AvgIpc) is 2.37. The summed E-state index contributed by atoms with van der Waals surface area (Å²) >= 11 is 0. The van der Waals surface area contributed by atoms with Gasteiger partial charge in [-0.15, -0.1) is 0 Å². The third-order valence-corrected chi connectivity index (χ3v) is 3.94. The van der Waals surface area contributed by atoms with Crippen LogP contribution >= 0.6 is 0 Å². The van der Waals surface area contributed by atoms with E-state index >= 15 is 0 Å². The molecule has 1 heterocycles. The van der Waals surface area contributed by atoms with E-state index < -0.39 is 9.84 Å². The normalized spacial score (nSPS) is 12.3. The van der Waals surface area contributed by atoms with Gasteiger partial charge in [0.25, 0.3) is 0 Å². The smallest absolute Gasteiger partial charge is 0.227 e. The highest BCUT2D eigenvalue weighted by Gasteiger charge is 2.15. The molecule has 0 atom stereocenters. The van der Waals surface area contributed by atoms with Crippen LogP contribution in [-0.4, -0.2) is 24.1 Å². The van der Waals surface area contributed by atoms with Crippen molar-refractivity contribution in [3.8, 4) is 0 Å². The molecule has 0 N–H and O–H groups in total. The van der Waals surface area contributed by atoms with Gasteiger partial charge in [-0.1, -0.05) is 23.3 Å². The van der Waals surface area contributed by atoms with E-state index in [1.807, 2.05) is 6.92 Å². The molecule has 104 valence electrons. The summed E-state index contributed by atoms with van der Waals surface area (Å²) in [7, 11) is -3.41. The van der Waals surface area contributed by atoms with Crippen molar-refractivity contribution in [3.05, 3.63) is 41.8 Å². The minimum Gasteiger partial charge on any atom is -0.227 e. The number of allylic oxidation sites excluding steroid dienone is 3. The molecule has 0 amide bonds. The van der Waals surface area contributed by atoms with Crippen molar-refractivity contribution in [1.82, 2.24) is 9.97 Å². The summed E-state index contributed by atoms with van der Waals surface area (Å²) in [5.74, 6) is -0.0440. The maximum atomic E-state index is 11.9. The van der Waals surface area contributed by atoms with E-state index in [1.165, 1.54) is 18.0 Å². The molecular formula is C14H20N2O2S. The number of nitrogens with zero attached hydrogens (tertiary/aromatic N) is 2. The zero-order valence-corrected chi connectivity index (χ0v) is 12.4. The van der Waals surface area contributed by atoms with Crippen LogP contribution < -0.4 is 0 Å². The summed E-state index contributed by atoms with van der Waals surface area (Å²) in [4.78, 5) is 7.55. The lowest BCUT2D eigenvalue weighted by molar-refractivity contribution is 0.589. The minimum atomic E-state index is -3.41. The maximum Gasteiger partial charge on any atom is 0.247 e. The molecular weight excluding hydrogens is 260 g/mol. The van der Waals surface area contributed by atoms with Gasteiger partial charge >= 0.3 is 0 Å². The van der Waals surface area contributed by atoms with E-state index in [-0.39, 0.29) is 10.9 Å². The molecule has 5 heteroatoms. The highest BCUT2D eigenvalue weighted by molar-refractivity contribution is 7.91. The second-order valence-corrected chi connectivity index (χ2v) is 6.61. The van der Waals surface area contributed by atoms with E-state index in [4.69, 9.17) is 0 Å². The Hall–Kier alpha value is -1.49. The first-order valence-corrected chi connectivity index (χ1v) is 7.86. The topological polar surface area (TPSA) is 59.9 Å². The van der Waals surface area contributed by atoms with Gasteiger partial charge in [0.2, 0.25) is 15.0 Å². The van der Waals surface area contributed by atoms with Gasteiger partial charge in [-0.05, 0) is 39.7 Å². The fraction of sp³-hybridized carbons (Fsp3) is 0.429. The first-order valence-electron chi connectivity index (χ1n) is 6.20. The van der Waals surface area contributed by atoms with E-state index in [9.17, 15) is 8.42 Å². The summed E-state index contributed by atoms with van der Waals surface area (Å²) < 4.78 is 23.9. The molecule has 0 aliphatic rings. The van der Waals surface area contributed by atoms with Crippen molar-refractivity contribution in [2.24, 2.45) is 0 Å². The number of rotatable bonds is 6. The van der Waals surface area contributed by atoms with Gasteiger partial charge in [0.1, 0.15) is 0 Å². The van der Waals surface area contributed by atoms with Crippen molar-refractivity contribution >= 4 is 9.84 Å². The second kappa shape index (κ2) is 7.19. The fourth-order valence-corrected chi connectivity index (χ4v) is 2.56. The van der Waals surface area contributed by atoms with Crippen LogP contribution in [0.5, 0.6) is 0 Å². The van der Waals surface area contributed by atoms with Gasteiger partial charge in [-0.3, -0.25) is 0 Å². The predicted octanol–water partition coefficient (Wildman–Crippen LogP) is 2.94. The lowest BCUT2D eigenvalue weighted by Gasteiger charge is -2.01. The zero-order valence-electron chi connectivity index (χ0n) is 11.6. The minimum absolute atomic E-state index is 0.0440. The van der Waals surface area contributed by atoms with Crippen LogP contribution in [0.1, 0.15) is 33.6 Å². The van der Waals surface area contributed by atoms with E-state index in [1.54, 1.807) is 12.1 Å². The molecule has 0 bridgehead atoms. The molecule has 1 aromatic heterocycles. The van der Waals surface area contributed by atoms with Crippen LogP contribution in [0.4, 0.5) is 0 Å². The Morgan fingerprint density at radius 2 is 1.79 bits per heavy atom. The van der Waals surface area contributed by atoms with Crippen LogP contribution in [0.2, 0.25) is 0 Å². The fourth-order valence-electron chi connectivity index (χ4n) is 1.46. The van der Waals surface area contributed by atoms with Crippen LogP contribution in [0, 0.1) is 0 Å². The summed E-state index contributed by atoms with van der Waals surface area (Å²) in [5.41, 5.74) is 2.34. The number of sulfone groups is 1. The molecule has 0 saturated carbocycles.